The second kappa shape index (κ2) is 7.47. The average molecular weight is 387 g/mol. The minimum absolute atomic E-state index is 0.0173. The Kier molecular flexibility index (Phi) is 5.26. The summed E-state index contributed by atoms with van der Waals surface area (Å²) >= 11 is 0. The summed E-state index contributed by atoms with van der Waals surface area (Å²) in [5, 5.41) is 9.17. The van der Waals surface area contributed by atoms with Gasteiger partial charge < -0.3 is 4.90 Å². The van der Waals surface area contributed by atoms with E-state index in [-0.39, 0.29) is 34.9 Å². The molecule has 1 fully saturated rings. The van der Waals surface area contributed by atoms with Crippen LogP contribution in [0.2, 0.25) is 0 Å². The lowest BCUT2D eigenvalue weighted by Crippen LogP contribution is -2.49. The number of hydrogen-bond donors (Lipinski definition) is 0. The van der Waals surface area contributed by atoms with Gasteiger partial charge in [0.05, 0.1) is 21.7 Å². The van der Waals surface area contributed by atoms with E-state index in [1.807, 2.05) is 11.0 Å². The van der Waals surface area contributed by atoms with Gasteiger partial charge in [-0.05, 0) is 31.2 Å². The maximum atomic E-state index is 14.0. The van der Waals surface area contributed by atoms with E-state index in [0.717, 1.165) is 0 Å². The van der Waals surface area contributed by atoms with Gasteiger partial charge in [-0.15, -0.1) is 0 Å². The normalized spacial score (nSPS) is 15.4. The van der Waals surface area contributed by atoms with E-state index in [2.05, 4.69) is 0 Å². The molecule has 1 aliphatic heterocycles. The van der Waals surface area contributed by atoms with Gasteiger partial charge in [-0.3, -0.25) is 4.79 Å². The van der Waals surface area contributed by atoms with Crippen molar-refractivity contribution in [3.8, 4) is 6.07 Å². The van der Waals surface area contributed by atoms with E-state index in [4.69, 9.17) is 0 Å². The first-order valence-electron chi connectivity index (χ1n) is 8.40. The molecule has 0 spiro atoms. The molecule has 0 aromatic heterocycles. The van der Waals surface area contributed by atoms with E-state index < -0.39 is 15.8 Å². The molecule has 6 nitrogen and oxygen atoms in total. The Morgan fingerprint density at radius 3 is 2.37 bits per heavy atom. The predicted octanol–water partition coefficient (Wildman–Crippen LogP) is 2.41. The van der Waals surface area contributed by atoms with Crippen molar-refractivity contribution in [2.75, 3.05) is 31.1 Å². The maximum Gasteiger partial charge on any atom is 0.244 e. The third-order valence-corrected chi connectivity index (χ3v) is 6.51. The monoisotopic (exact) mass is 387 g/mol. The van der Waals surface area contributed by atoms with Crippen molar-refractivity contribution in [2.24, 2.45) is 0 Å². The van der Waals surface area contributed by atoms with Crippen LogP contribution in [0.4, 0.5) is 10.1 Å². The number of halogens is 1. The number of rotatable bonds is 4. The number of hydrogen-bond acceptors (Lipinski definition) is 5. The van der Waals surface area contributed by atoms with Crippen LogP contribution in [0.5, 0.6) is 0 Å². The molecule has 0 atom stereocenters. The van der Waals surface area contributed by atoms with E-state index in [0.29, 0.717) is 18.8 Å². The second-order valence-electron chi connectivity index (χ2n) is 6.19. The zero-order valence-corrected chi connectivity index (χ0v) is 15.5. The Labute approximate surface area is 157 Å². The first-order chi connectivity index (χ1) is 12.9. The number of carbonyl (C=O) groups excluding carboxylic acids is 1. The summed E-state index contributed by atoms with van der Waals surface area (Å²) in [4.78, 5) is 13.6. The molecule has 1 heterocycles. The van der Waals surface area contributed by atoms with Crippen LogP contribution in [0.25, 0.3) is 0 Å². The highest BCUT2D eigenvalue weighted by atomic mass is 32.2. The number of anilines is 1. The minimum Gasteiger partial charge on any atom is -0.368 e. The number of sulfonamides is 1. The Balaban J connectivity index is 1.83. The third kappa shape index (κ3) is 3.56. The first-order valence-corrected chi connectivity index (χ1v) is 9.84. The van der Waals surface area contributed by atoms with Gasteiger partial charge in [0.1, 0.15) is 11.9 Å². The second-order valence-corrected chi connectivity index (χ2v) is 8.10. The SMILES string of the molecule is CC(=O)c1c(F)cccc1N1CCN(S(=O)(=O)c2ccccc2C#N)CC1. The number of ketones is 1. The molecular formula is C19H18FN3O3S. The minimum atomic E-state index is -3.80. The van der Waals surface area contributed by atoms with Gasteiger partial charge in [-0.2, -0.15) is 9.57 Å². The van der Waals surface area contributed by atoms with Crippen molar-refractivity contribution >= 4 is 21.5 Å². The fourth-order valence-electron chi connectivity index (χ4n) is 3.22. The lowest BCUT2D eigenvalue weighted by atomic mass is 10.1. The number of nitrogens with zero attached hydrogens (tertiary/aromatic N) is 3. The van der Waals surface area contributed by atoms with E-state index in [1.54, 1.807) is 18.2 Å². The topological polar surface area (TPSA) is 81.5 Å². The fourth-order valence-corrected chi connectivity index (χ4v) is 4.78. The van der Waals surface area contributed by atoms with Crippen molar-refractivity contribution in [2.45, 2.75) is 11.8 Å². The number of piperazine rings is 1. The van der Waals surface area contributed by atoms with Gasteiger partial charge in [0.2, 0.25) is 10.0 Å². The summed E-state index contributed by atoms with van der Waals surface area (Å²) in [6.07, 6.45) is 0. The van der Waals surface area contributed by atoms with Crippen LogP contribution >= 0.6 is 0 Å². The smallest absolute Gasteiger partial charge is 0.244 e. The number of Topliss-reactive ketones (excluding diaryl/α,β-unsaturated/α-hetero) is 1. The van der Waals surface area contributed by atoms with Crippen molar-refractivity contribution in [1.82, 2.24) is 4.31 Å². The molecular weight excluding hydrogens is 369 g/mol. The van der Waals surface area contributed by atoms with Gasteiger partial charge in [-0.1, -0.05) is 18.2 Å². The van der Waals surface area contributed by atoms with Gasteiger partial charge in [0.25, 0.3) is 0 Å². The van der Waals surface area contributed by atoms with Crippen LogP contribution in [0, 0.1) is 17.1 Å². The van der Waals surface area contributed by atoms with Gasteiger partial charge in [0, 0.05) is 26.2 Å². The van der Waals surface area contributed by atoms with E-state index in [1.165, 1.54) is 35.5 Å². The fraction of sp³-hybridized carbons (Fsp3) is 0.263. The van der Waals surface area contributed by atoms with Crippen LogP contribution < -0.4 is 4.90 Å². The Morgan fingerprint density at radius 1 is 1.07 bits per heavy atom. The number of benzene rings is 2. The molecule has 1 saturated heterocycles. The lowest BCUT2D eigenvalue weighted by Gasteiger charge is -2.36. The summed E-state index contributed by atoms with van der Waals surface area (Å²) < 4.78 is 41.1. The largest absolute Gasteiger partial charge is 0.368 e. The highest BCUT2D eigenvalue weighted by molar-refractivity contribution is 7.89. The van der Waals surface area contributed by atoms with Crippen molar-refractivity contribution < 1.29 is 17.6 Å². The van der Waals surface area contributed by atoms with E-state index >= 15 is 0 Å². The Hall–Kier alpha value is -2.76. The molecule has 0 saturated carbocycles. The average Bonchev–Trinajstić information content (AvgIpc) is 2.67. The first kappa shape index (κ1) is 19.0. The highest BCUT2D eigenvalue weighted by Crippen LogP contribution is 2.27. The van der Waals surface area contributed by atoms with Gasteiger partial charge in [0.15, 0.2) is 5.78 Å². The summed E-state index contributed by atoms with van der Waals surface area (Å²) in [5.41, 5.74) is 0.588. The molecule has 3 rings (SSSR count). The quantitative estimate of drug-likeness (QED) is 0.753. The van der Waals surface area contributed by atoms with Crippen LogP contribution in [0.15, 0.2) is 47.4 Å². The Morgan fingerprint density at radius 2 is 1.74 bits per heavy atom. The van der Waals surface area contributed by atoms with Crippen LogP contribution in [-0.4, -0.2) is 44.7 Å². The van der Waals surface area contributed by atoms with Gasteiger partial charge in [-0.25, -0.2) is 12.8 Å². The molecule has 0 N–H and O–H groups in total. The molecule has 0 amide bonds. The van der Waals surface area contributed by atoms with Crippen molar-refractivity contribution in [3.05, 3.63) is 59.4 Å². The van der Waals surface area contributed by atoms with E-state index in [9.17, 15) is 22.9 Å². The molecule has 2 aromatic rings. The number of nitriles is 1. The van der Waals surface area contributed by atoms with Gasteiger partial charge >= 0.3 is 0 Å². The highest BCUT2D eigenvalue weighted by Gasteiger charge is 2.31. The molecule has 1 aliphatic rings. The summed E-state index contributed by atoms with van der Waals surface area (Å²) in [6.45, 7) is 2.29. The van der Waals surface area contributed by atoms with Crippen LogP contribution in [-0.2, 0) is 10.0 Å². The molecule has 8 heteroatoms. The molecule has 0 aliphatic carbocycles. The summed E-state index contributed by atoms with van der Waals surface area (Å²) in [6, 6.07) is 12.4. The number of carbonyl (C=O) groups is 1. The zero-order chi connectivity index (χ0) is 19.6. The molecule has 0 unspecified atom stereocenters. The third-order valence-electron chi connectivity index (χ3n) is 4.55. The van der Waals surface area contributed by atoms with Crippen LogP contribution in [0.3, 0.4) is 0 Å². The Bertz CT molecular complexity index is 1020. The van der Waals surface area contributed by atoms with Crippen molar-refractivity contribution in [1.29, 1.82) is 5.26 Å². The summed E-state index contributed by atoms with van der Waals surface area (Å²) in [5.74, 6) is -0.959. The molecule has 27 heavy (non-hydrogen) atoms. The van der Waals surface area contributed by atoms with Crippen molar-refractivity contribution in [3.63, 3.8) is 0 Å². The maximum absolute atomic E-state index is 14.0. The molecule has 0 bridgehead atoms. The predicted molar refractivity (Wildman–Crippen MR) is 98.5 cm³/mol. The molecule has 2 aromatic carbocycles. The summed E-state index contributed by atoms with van der Waals surface area (Å²) in [7, 11) is -3.80. The van der Waals surface area contributed by atoms with Crippen LogP contribution in [0.1, 0.15) is 22.8 Å². The zero-order valence-electron chi connectivity index (χ0n) is 14.7. The standard InChI is InChI=1S/C19H18FN3O3S/c1-14(24)19-16(20)6-4-7-17(19)22-9-11-23(12-10-22)27(25,26)18-8-3-2-5-15(18)13-21/h2-8H,9-12H2,1H3. The molecule has 140 valence electrons. The lowest BCUT2D eigenvalue weighted by molar-refractivity contribution is 0.101. The molecule has 0 radical (unpaired) electrons.